The van der Waals surface area contributed by atoms with Crippen molar-refractivity contribution in [3.8, 4) is 11.1 Å². The first kappa shape index (κ1) is 56.7. The largest absolute Gasteiger partial charge is 0.379 e. The van der Waals surface area contributed by atoms with Crippen LogP contribution in [0.4, 0.5) is 46.8 Å². The summed E-state index contributed by atoms with van der Waals surface area (Å²) in [6, 6.07) is 12.4. The zero-order valence-electron chi connectivity index (χ0n) is 46.3. The predicted molar refractivity (Wildman–Crippen MR) is 298 cm³/mol. The molecule has 8 heterocycles. The SMILES string of the molecule is CNC(=O)N1CCc2c(c(N3CCCc4cc(-c5cnn(C)c5)c(C(F)F)cc43)nn2C2CCN(C(=O)CCOCCOCCOCCOCCN3CCN(c4cc(N[C@@H]5CCCN(c6cccc(F)c6)C5)ncn4)CC3)CC2)C1. The molecule has 10 rings (SSSR count). The van der Waals surface area contributed by atoms with Crippen LogP contribution in [0, 0.1) is 5.82 Å². The van der Waals surface area contributed by atoms with Crippen LogP contribution in [0.5, 0.6) is 0 Å². The molecular weight excluding hydrogens is 1030 g/mol. The third-order valence-electron chi connectivity index (χ3n) is 16.0. The first-order valence-corrected chi connectivity index (χ1v) is 28.5. The predicted octanol–water partition coefficient (Wildman–Crippen LogP) is 6.46. The summed E-state index contributed by atoms with van der Waals surface area (Å²) in [5, 5.41) is 15.9. The summed E-state index contributed by atoms with van der Waals surface area (Å²) in [6.07, 6.45) is 8.26. The standard InChI is InChI=1S/C57H77F3N14O6/c1-61-57(76)72-18-12-50-49(39-72)56(73-15-4-6-41-32-47(42-36-64-67(2)37-42)48(55(59)60)34-51(41)73)66-74(50)45-10-16-70(17-11-45)54(75)13-24-77-26-28-79-30-31-80-29-27-78-25-23-68-19-21-69(22-20-68)53-35-52(62-40-63-53)65-44-8-5-14-71(38-44)46-9-3-7-43(58)33-46/h3,7,9,32-37,40,44-45,55H,4-6,8,10-31,38-39H2,1-2H3,(H,61,76)(H,62,63,65)/t44-/m1/s1. The topological polar surface area (TPSA) is 176 Å². The van der Waals surface area contributed by atoms with Crippen LogP contribution in [0.3, 0.4) is 0 Å². The Bertz CT molecular complexity index is 2840. The maximum absolute atomic E-state index is 14.8. The molecule has 5 aliphatic heterocycles. The van der Waals surface area contributed by atoms with Crippen LogP contribution in [-0.4, -0.2) is 194 Å². The summed E-state index contributed by atoms with van der Waals surface area (Å²) in [4.78, 5) is 48.0. The minimum atomic E-state index is -2.69. The molecule has 0 radical (unpaired) electrons. The second kappa shape index (κ2) is 27.3. The number of hydrogen-bond donors (Lipinski definition) is 2. The van der Waals surface area contributed by atoms with Gasteiger partial charge in [-0.3, -0.25) is 19.1 Å². The highest BCUT2D eigenvalue weighted by molar-refractivity contribution is 5.78. The number of anilines is 5. The van der Waals surface area contributed by atoms with Crippen molar-refractivity contribution in [1.82, 2.24) is 49.5 Å². The first-order valence-electron chi connectivity index (χ1n) is 28.5. The quantitative estimate of drug-likeness (QED) is 0.0682. The van der Waals surface area contributed by atoms with Crippen LogP contribution in [0.2, 0.25) is 0 Å². The van der Waals surface area contributed by atoms with Crippen molar-refractivity contribution in [2.75, 3.05) is 152 Å². The Morgan fingerprint density at radius 2 is 1.55 bits per heavy atom. The van der Waals surface area contributed by atoms with Crippen molar-refractivity contribution in [3.05, 3.63) is 89.4 Å². The molecule has 20 nitrogen and oxygen atoms in total. The number of carbonyl (C=O) groups is 2. The van der Waals surface area contributed by atoms with E-state index in [1.807, 2.05) is 23.1 Å². The van der Waals surface area contributed by atoms with Crippen LogP contribution >= 0.6 is 0 Å². The van der Waals surface area contributed by atoms with Gasteiger partial charge in [-0.2, -0.15) is 10.2 Å². The van der Waals surface area contributed by atoms with Crippen molar-refractivity contribution >= 4 is 40.8 Å². The number of amides is 3. The van der Waals surface area contributed by atoms with E-state index >= 15 is 0 Å². The highest BCUT2D eigenvalue weighted by atomic mass is 19.3. The van der Waals surface area contributed by atoms with Gasteiger partial charge in [-0.25, -0.2) is 27.9 Å². The van der Waals surface area contributed by atoms with Gasteiger partial charge in [0.1, 0.15) is 23.8 Å². The molecule has 5 aromatic rings. The lowest BCUT2D eigenvalue weighted by Crippen LogP contribution is -2.47. The van der Waals surface area contributed by atoms with E-state index in [2.05, 4.69) is 50.0 Å². The monoisotopic (exact) mass is 1110 g/mol. The van der Waals surface area contributed by atoms with E-state index < -0.39 is 6.43 Å². The van der Waals surface area contributed by atoms with Crippen LogP contribution < -0.4 is 25.3 Å². The van der Waals surface area contributed by atoms with E-state index in [9.17, 15) is 22.8 Å². The molecule has 0 unspecified atom stereocenters. The molecule has 23 heteroatoms. The van der Waals surface area contributed by atoms with Gasteiger partial charge < -0.3 is 54.1 Å². The van der Waals surface area contributed by atoms with Crippen LogP contribution in [0.25, 0.3) is 11.1 Å². The smallest absolute Gasteiger partial charge is 0.317 e. The van der Waals surface area contributed by atoms with Crippen LogP contribution in [0.1, 0.15) is 73.4 Å². The number of halogens is 3. The molecule has 2 N–H and O–H groups in total. The number of rotatable bonds is 23. The van der Waals surface area contributed by atoms with Crippen molar-refractivity contribution in [1.29, 1.82) is 0 Å². The number of alkyl halides is 2. The molecule has 0 bridgehead atoms. The third-order valence-corrected chi connectivity index (χ3v) is 16.0. The third kappa shape index (κ3) is 14.1. The number of urea groups is 1. The summed E-state index contributed by atoms with van der Waals surface area (Å²) >= 11 is 0. The van der Waals surface area contributed by atoms with E-state index in [1.165, 1.54) is 6.07 Å². The summed E-state index contributed by atoms with van der Waals surface area (Å²) in [6.45, 7) is 12.4. The number of fused-ring (bicyclic) bond motifs is 2. The number of likely N-dealkylation sites (tertiary alicyclic amines) is 1. The van der Waals surface area contributed by atoms with Gasteiger partial charge in [0.2, 0.25) is 5.91 Å². The van der Waals surface area contributed by atoms with E-state index in [0.717, 1.165) is 124 Å². The second-order valence-electron chi connectivity index (χ2n) is 21.3. The van der Waals surface area contributed by atoms with Crippen molar-refractivity contribution < 1.29 is 41.7 Å². The molecule has 1 atom stereocenters. The zero-order valence-corrected chi connectivity index (χ0v) is 46.3. The molecule has 0 spiro atoms. The molecule has 5 aliphatic rings. The maximum atomic E-state index is 14.8. The lowest BCUT2D eigenvalue weighted by atomic mass is 9.92. The molecule has 80 heavy (non-hydrogen) atoms. The summed E-state index contributed by atoms with van der Waals surface area (Å²) in [5.41, 5.74) is 5.68. The van der Waals surface area contributed by atoms with Crippen molar-refractivity contribution in [2.24, 2.45) is 7.05 Å². The lowest BCUT2D eigenvalue weighted by Gasteiger charge is -2.36. The normalized spacial score (nSPS) is 18.2. The summed E-state index contributed by atoms with van der Waals surface area (Å²) in [5.74, 6) is 2.26. The number of piperazine rings is 1. The number of aryl methyl sites for hydroxylation is 2. The number of benzene rings is 2. The molecule has 2 aromatic carbocycles. The van der Waals surface area contributed by atoms with Gasteiger partial charge in [-0.15, -0.1) is 0 Å². The number of hydrogen-bond acceptors (Lipinski definition) is 15. The second-order valence-corrected chi connectivity index (χ2v) is 21.3. The van der Waals surface area contributed by atoms with Gasteiger partial charge in [-0.05, 0) is 80.0 Å². The number of nitrogens with zero attached hydrogens (tertiary/aromatic N) is 12. The van der Waals surface area contributed by atoms with Crippen LogP contribution in [-0.2, 0) is 50.2 Å². The number of ether oxygens (including phenoxy) is 4. The minimum Gasteiger partial charge on any atom is -0.379 e. The lowest BCUT2D eigenvalue weighted by molar-refractivity contribution is -0.133. The van der Waals surface area contributed by atoms with Gasteiger partial charge in [0.05, 0.1) is 78.1 Å². The van der Waals surface area contributed by atoms with E-state index in [4.69, 9.17) is 24.0 Å². The zero-order chi connectivity index (χ0) is 55.4. The van der Waals surface area contributed by atoms with Gasteiger partial charge in [-0.1, -0.05) is 6.07 Å². The Hall–Kier alpha value is -6.53. The fraction of sp³-hybridized carbons (Fsp3) is 0.579. The fourth-order valence-electron chi connectivity index (χ4n) is 11.8. The Morgan fingerprint density at radius 3 is 2.27 bits per heavy atom. The van der Waals surface area contributed by atoms with E-state index in [1.54, 1.807) is 60.6 Å². The molecule has 3 saturated heterocycles. The summed E-state index contributed by atoms with van der Waals surface area (Å²) in [7, 11) is 3.39. The average molecular weight is 1110 g/mol. The Labute approximate surface area is 466 Å². The van der Waals surface area contributed by atoms with Crippen molar-refractivity contribution in [2.45, 2.75) is 76.4 Å². The molecule has 3 aromatic heterocycles. The first-order chi connectivity index (χ1) is 39.1. The average Bonchev–Trinajstić information content (AvgIpc) is 4.26. The number of piperidine rings is 2. The van der Waals surface area contributed by atoms with Crippen LogP contribution in [0.15, 0.2) is 61.2 Å². The van der Waals surface area contributed by atoms with Gasteiger partial charge >= 0.3 is 6.03 Å². The molecule has 0 saturated carbocycles. The maximum Gasteiger partial charge on any atom is 0.317 e. The Kier molecular flexibility index (Phi) is 19.4. The number of nitrogens with one attached hydrogen (secondary N) is 2. The van der Waals surface area contributed by atoms with E-state index in [-0.39, 0.29) is 41.8 Å². The highest BCUT2D eigenvalue weighted by Crippen LogP contribution is 2.44. The van der Waals surface area contributed by atoms with E-state index in [0.29, 0.717) is 109 Å². The number of aromatic nitrogens is 6. The molecule has 3 fully saturated rings. The molecular formula is C57H77F3N14O6. The number of carbonyl (C=O) groups excluding carboxylic acids is 2. The Morgan fingerprint density at radius 1 is 0.787 bits per heavy atom. The summed E-state index contributed by atoms with van der Waals surface area (Å²) < 4.78 is 70.1. The van der Waals surface area contributed by atoms with Gasteiger partial charge in [0, 0.05) is 145 Å². The fourth-order valence-corrected chi connectivity index (χ4v) is 11.8. The Balaban J connectivity index is 0.583. The molecule has 3 amide bonds. The van der Waals surface area contributed by atoms with Gasteiger partial charge in [0.25, 0.3) is 6.43 Å². The highest BCUT2D eigenvalue weighted by Gasteiger charge is 2.36. The molecule has 0 aliphatic carbocycles. The molecule has 432 valence electrons. The van der Waals surface area contributed by atoms with Gasteiger partial charge in [0.15, 0.2) is 5.82 Å². The minimum absolute atomic E-state index is 0.0403. The van der Waals surface area contributed by atoms with Crippen molar-refractivity contribution in [3.63, 3.8) is 0 Å².